The molecule has 0 fully saturated rings. The lowest BCUT2D eigenvalue weighted by Crippen LogP contribution is -2.25. The summed E-state index contributed by atoms with van der Waals surface area (Å²) >= 11 is 0. The third-order valence-electron chi connectivity index (χ3n) is 7.75. The van der Waals surface area contributed by atoms with E-state index in [9.17, 15) is 0 Å². The molecule has 0 saturated carbocycles. The molecule has 5 nitrogen and oxygen atoms in total. The van der Waals surface area contributed by atoms with E-state index >= 15 is 0 Å². The van der Waals surface area contributed by atoms with Crippen molar-refractivity contribution in [3.05, 3.63) is 133 Å². The molecule has 0 spiro atoms. The highest BCUT2D eigenvalue weighted by molar-refractivity contribution is 5.81. The zero-order valence-corrected chi connectivity index (χ0v) is 24.0. The molecule has 0 atom stereocenters. The number of pyridine rings is 1. The molecule has 1 aliphatic heterocycles. The van der Waals surface area contributed by atoms with Gasteiger partial charge in [0.15, 0.2) is 0 Å². The molecule has 3 heterocycles. The molecule has 2 aromatic heterocycles. The minimum Gasteiger partial charge on any atom is -0.457 e. The maximum absolute atomic E-state index is 6.60. The smallest absolute Gasteiger partial charge is 0.143 e. The van der Waals surface area contributed by atoms with Crippen LogP contribution in [-0.2, 0) is 12.1 Å². The van der Waals surface area contributed by atoms with E-state index in [1.54, 1.807) is 0 Å². The molecule has 6 aromatic rings. The average molecular weight is 549 g/mol. The minimum atomic E-state index is 0.0268. The Morgan fingerprint density at radius 3 is 2.33 bits per heavy atom. The van der Waals surface area contributed by atoms with Crippen LogP contribution in [0.25, 0.3) is 33.8 Å². The lowest BCUT2D eigenvalue weighted by atomic mass is 9.87. The SMILES string of the molecule is CC(C)(C)c1ccnc(-c2cc(Oc3cccc(N4Cn5ccnc5-c5ccccc54)c3)cc(-c3ccccc3)c2)c1. The Bertz CT molecular complexity index is 1880. The Kier molecular flexibility index (Phi) is 6.35. The summed E-state index contributed by atoms with van der Waals surface area (Å²) in [5, 5.41) is 0. The van der Waals surface area contributed by atoms with Gasteiger partial charge in [0.2, 0.25) is 0 Å². The zero-order valence-electron chi connectivity index (χ0n) is 24.0. The van der Waals surface area contributed by atoms with Crippen LogP contribution in [0, 0.1) is 0 Å². The number of hydrogen-bond donors (Lipinski definition) is 0. The van der Waals surface area contributed by atoms with Crippen LogP contribution in [0.4, 0.5) is 11.4 Å². The first-order valence-electron chi connectivity index (χ1n) is 14.3. The van der Waals surface area contributed by atoms with Crippen molar-refractivity contribution in [3.8, 4) is 45.3 Å². The molecular formula is C37H32N4O. The van der Waals surface area contributed by atoms with E-state index in [2.05, 4.69) is 126 Å². The minimum absolute atomic E-state index is 0.0268. The number of hydrogen-bond acceptors (Lipinski definition) is 4. The summed E-state index contributed by atoms with van der Waals surface area (Å²) in [6, 6.07) is 37.8. The summed E-state index contributed by atoms with van der Waals surface area (Å²) in [6.45, 7) is 7.35. The third-order valence-corrected chi connectivity index (χ3v) is 7.75. The second kappa shape index (κ2) is 10.3. The molecule has 0 bridgehead atoms. The van der Waals surface area contributed by atoms with Crippen molar-refractivity contribution < 1.29 is 4.74 Å². The van der Waals surface area contributed by atoms with Gasteiger partial charge in [-0.05, 0) is 76.7 Å². The molecular weight excluding hydrogens is 516 g/mol. The van der Waals surface area contributed by atoms with Gasteiger partial charge in [0.1, 0.15) is 24.0 Å². The summed E-state index contributed by atoms with van der Waals surface area (Å²) in [5.41, 5.74) is 8.74. The fourth-order valence-electron chi connectivity index (χ4n) is 5.52. The summed E-state index contributed by atoms with van der Waals surface area (Å²) < 4.78 is 8.77. The number of aromatic nitrogens is 3. The van der Waals surface area contributed by atoms with E-state index < -0.39 is 0 Å². The predicted molar refractivity (Wildman–Crippen MR) is 170 cm³/mol. The number of fused-ring (bicyclic) bond motifs is 3. The standard InChI is InChI=1S/C37H32N4O/c1-37(2,3)29-16-17-38-34(23-29)28-20-27(26-10-5-4-6-11-26)21-32(22-28)42-31-13-9-12-30(24-31)41-25-40-19-18-39-36(40)33-14-7-8-15-35(33)41/h4-24H,25H2,1-3H3. The highest BCUT2D eigenvalue weighted by atomic mass is 16.5. The van der Waals surface area contributed by atoms with Crippen molar-refractivity contribution in [1.29, 1.82) is 0 Å². The third kappa shape index (κ3) is 4.94. The molecule has 1 aliphatic rings. The normalized spacial score (nSPS) is 12.5. The van der Waals surface area contributed by atoms with Gasteiger partial charge >= 0.3 is 0 Å². The van der Waals surface area contributed by atoms with Crippen molar-refractivity contribution in [2.45, 2.75) is 32.9 Å². The second-order valence-electron chi connectivity index (χ2n) is 11.7. The Morgan fingerprint density at radius 2 is 1.48 bits per heavy atom. The van der Waals surface area contributed by atoms with Crippen LogP contribution in [0.1, 0.15) is 26.3 Å². The number of para-hydroxylation sites is 1. The molecule has 42 heavy (non-hydrogen) atoms. The fourth-order valence-corrected chi connectivity index (χ4v) is 5.52. The van der Waals surface area contributed by atoms with Crippen molar-refractivity contribution in [1.82, 2.24) is 14.5 Å². The van der Waals surface area contributed by atoms with Gasteiger partial charge in [-0.3, -0.25) is 4.98 Å². The Morgan fingerprint density at radius 1 is 0.667 bits per heavy atom. The lowest BCUT2D eigenvalue weighted by Gasteiger charge is -2.32. The quantitative estimate of drug-likeness (QED) is 0.215. The molecule has 5 heteroatoms. The number of nitrogens with zero attached hydrogens (tertiary/aromatic N) is 4. The van der Waals surface area contributed by atoms with E-state index in [-0.39, 0.29) is 5.41 Å². The van der Waals surface area contributed by atoms with E-state index in [1.807, 2.05) is 36.8 Å². The molecule has 0 amide bonds. The zero-order chi connectivity index (χ0) is 28.7. The lowest BCUT2D eigenvalue weighted by molar-refractivity contribution is 0.483. The molecule has 206 valence electrons. The van der Waals surface area contributed by atoms with Gasteiger partial charge in [-0.15, -0.1) is 0 Å². The molecule has 0 aliphatic carbocycles. The van der Waals surface area contributed by atoms with Gasteiger partial charge in [0.25, 0.3) is 0 Å². The van der Waals surface area contributed by atoms with Crippen LogP contribution in [-0.4, -0.2) is 14.5 Å². The van der Waals surface area contributed by atoms with Gasteiger partial charge in [-0.2, -0.15) is 0 Å². The Balaban J connectivity index is 1.27. The monoisotopic (exact) mass is 548 g/mol. The van der Waals surface area contributed by atoms with Crippen molar-refractivity contribution >= 4 is 11.4 Å². The summed E-state index contributed by atoms with van der Waals surface area (Å²) in [7, 11) is 0. The van der Waals surface area contributed by atoms with E-state index in [4.69, 9.17) is 9.72 Å². The largest absolute Gasteiger partial charge is 0.457 e. The van der Waals surface area contributed by atoms with Crippen LogP contribution in [0.5, 0.6) is 11.5 Å². The van der Waals surface area contributed by atoms with Gasteiger partial charge < -0.3 is 14.2 Å². The second-order valence-corrected chi connectivity index (χ2v) is 11.7. The Hall–Kier alpha value is -5.16. The summed E-state index contributed by atoms with van der Waals surface area (Å²) in [6.07, 6.45) is 5.79. The molecule has 0 N–H and O–H groups in total. The predicted octanol–water partition coefficient (Wildman–Crippen LogP) is 9.48. The topological polar surface area (TPSA) is 43.2 Å². The van der Waals surface area contributed by atoms with E-state index in [0.717, 1.165) is 56.6 Å². The van der Waals surface area contributed by atoms with Crippen LogP contribution in [0.3, 0.4) is 0 Å². The number of ether oxygens (including phenoxy) is 1. The molecule has 4 aromatic carbocycles. The maximum Gasteiger partial charge on any atom is 0.143 e. The molecule has 0 saturated heterocycles. The number of benzene rings is 4. The van der Waals surface area contributed by atoms with Crippen molar-refractivity contribution in [2.24, 2.45) is 0 Å². The van der Waals surface area contributed by atoms with Gasteiger partial charge in [0.05, 0.1) is 11.4 Å². The summed E-state index contributed by atoms with van der Waals surface area (Å²) in [4.78, 5) is 11.6. The van der Waals surface area contributed by atoms with Gasteiger partial charge in [-0.25, -0.2) is 4.98 Å². The molecule has 0 unspecified atom stereocenters. The first-order valence-corrected chi connectivity index (χ1v) is 14.3. The summed E-state index contributed by atoms with van der Waals surface area (Å²) in [5.74, 6) is 2.53. The average Bonchev–Trinajstić information content (AvgIpc) is 3.50. The maximum atomic E-state index is 6.60. The van der Waals surface area contributed by atoms with Crippen LogP contribution in [0.2, 0.25) is 0 Å². The van der Waals surface area contributed by atoms with Crippen molar-refractivity contribution in [2.75, 3.05) is 4.90 Å². The van der Waals surface area contributed by atoms with Gasteiger partial charge in [-0.1, -0.05) is 69.3 Å². The van der Waals surface area contributed by atoms with Crippen LogP contribution >= 0.6 is 0 Å². The van der Waals surface area contributed by atoms with E-state index in [1.165, 1.54) is 5.56 Å². The number of rotatable bonds is 5. The highest BCUT2D eigenvalue weighted by Crippen LogP contribution is 2.41. The van der Waals surface area contributed by atoms with Crippen LogP contribution in [0.15, 0.2) is 128 Å². The van der Waals surface area contributed by atoms with E-state index in [0.29, 0.717) is 6.67 Å². The number of imidazole rings is 1. The van der Waals surface area contributed by atoms with Gasteiger partial charge in [0, 0.05) is 41.5 Å². The highest BCUT2D eigenvalue weighted by Gasteiger charge is 2.23. The molecule has 0 radical (unpaired) electrons. The fraction of sp³-hybridized carbons (Fsp3) is 0.135. The first-order chi connectivity index (χ1) is 20.4. The van der Waals surface area contributed by atoms with Crippen LogP contribution < -0.4 is 9.64 Å². The Labute approximate surface area is 246 Å². The van der Waals surface area contributed by atoms with Crippen molar-refractivity contribution in [3.63, 3.8) is 0 Å². The molecule has 7 rings (SSSR count). The number of anilines is 2. The first kappa shape index (κ1) is 25.8.